The third kappa shape index (κ3) is 2.83. The van der Waals surface area contributed by atoms with Crippen LogP contribution in [0.15, 0.2) is 30.3 Å². The average molecular weight is 219 g/mol. The van der Waals surface area contributed by atoms with E-state index in [2.05, 4.69) is 49.5 Å². The topological polar surface area (TPSA) is 21.3 Å². The highest BCUT2D eigenvalue weighted by atomic mass is 16.5. The van der Waals surface area contributed by atoms with E-state index in [0.29, 0.717) is 12.0 Å². The molecule has 0 amide bonds. The first-order valence-electron chi connectivity index (χ1n) is 6.17. The summed E-state index contributed by atoms with van der Waals surface area (Å²) in [5.41, 5.74) is 1.29. The predicted octanol–water partition coefficient (Wildman–Crippen LogP) is 2.76. The molecule has 0 aliphatic carbocycles. The van der Waals surface area contributed by atoms with Crippen molar-refractivity contribution in [2.45, 2.75) is 32.4 Å². The molecule has 2 nitrogen and oxygen atoms in total. The van der Waals surface area contributed by atoms with Crippen LogP contribution in [0.2, 0.25) is 0 Å². The minimum absolute atomic E-state index is 0.236. The first kappa shape index (κ1) is 11.6. The van der Waals surface area contributed by atoms with Crippen LogP contribution in [0.4, 0.5) is 0 Å². The lowest BCUT2D eigenvalue weighted by atomic mass is 10.0. The van der Waals surface area contributed by atoms with Crippen molar-refractivity contribution in [2.75, 3.05) is 13.2 Å². The summed E-state index contributed by atoms with van der Waals surface area (Å²) in [6.45, 7) is 6.41. The van der Waals surface area contributed by atoms with Crippen LogP contribution in [0.25, 0.3) is 0 Å². The van der Waals surface area contributed by atoms with Crippen LogP contribution in [0, 0.1) is 5.92 Å². The van der Waals surface area contributed by atoms with E-state index < -0.39 is 0 Å². The average Bonchev–Trinajstić information content (AvgIpc) is 2.75. The first-order chi connectivity index (χ1) is 7.77. The van der Waals surface area contributed by atoms with Crippen LogP contribution in [0.5, 0.6) is 0 Å². The van der Waals surface area contributed by atoms with Gasteiger partial charge in [-0.1, -0.05) is 44.2 Å². The number of hydrogen-bond acceptors (Lipinski definition) is 2. The molecule has 0 spiro atoms. The van der Waals surface area contributed by atoms with E-state index in [1.807, 2.05) is 0 Å². The van der Waals surface area contributed by atoms with E-state index >= 15 is 0 Å². The van der Waals surface area contributed by atoms with E-state index in [9.17, 15) is 0 Å². The molecule has 0 radical (unpaired) electrons. The van der Waals surface area contributed by atoms with Crippen LogP contribution in [0.1, 0.15) is 31.9 Å². The van der Waals surface area contributed by atoms with Gasteiger partial charge in [0.25, 0.3) is 0 Å². The van der Waals surface area contributed by atoms with E-state index in [0.717, 1.165) is 19.6 Å². The highest BCUT2D eigenvalue weighted by Crippen LogP contribution is 2.28. The van der Waals surface area contributed by atoms with Gasteiger partial charge in [-0.05, 0) is 24.4 Å². The monoisotopic (exact) mass is 219 g/mol. The summed E-state index contributed by atoms with van der Waals surface area (Å²) in [4.78, 5) is 0. The van der Waals surface area contributed by atoms with Crippen molar-refractivity contribution in [1.82, 2.24) is 5.32 Å². The largest absolute Gasteiger partial charge is 0.372 e. The van der Waals surface area contributed by atoms with Gasteiger partial charge in [0.1, 0.15) is 0 Å². The predicted molar refractivity (Wildman–Crippen MR) is 66.4 cm³/mol. The quantitative estimate of drug-likeness (QED) is 0.840. The summed E-state index contributed by atoms with van der Waals surface area (Å²) < 4.78 is 5.82. The standard InChI is InChI=1S/C14H21NO/c1-11(2)10-15-13-8-9-16-14(13)12-6-4-3-5-7-12/h3-7,11,13-15H,8-10H2,1-2H3. The van der Waals surface area contributed by atoms with Crippen LogP contribution >= 0.6 is 0 Å². The molecule has 1 aromatic carbocycles. The Kier molecular flexibility index (Phi) is 3.97. The molecule has 16 heavy (non-hydrogen) atoms. The zero-order valence-corrected chi connectivity index (χ0v) is 10.1. The van der Waals surface area contributed by atoms with Crippen molar-refractivity contribution in [3.8, 4) is 0 Å². The molecule has 0 bridgehead atoms. The van der Waals surface area contributed by atoms with E-state index in [1.54, 1.807) is 0 Å². The molecule has 2 rings (SSSR count). The van der Waals surface area contributed by atoms with Gasteiger partial charge in [0.05, 0.1) is 6.10 Å². The molecule has 0 aromatic heterocycles. The van der Waals surface area contributed by atoms with Crippen LogP contribution in [0.3, 0.4) is 0 Å². The third-order valence-electron chi connectivity index (χ3n) is 3.01. The first-order valence-corrected chi connectivity index (χ1v) is 6.17. The summed E-state index contributed by atoms with van der Waals surface area (Å²) in [6.07, 6.45) is 1.35. The second-order valence-corrected chi connectivity index (χ2v) is 4.90. The molecule has 2 atom stereocenters. The fraction of sp³-hybridized carbons (Fsp3) is 0.571. The number of nitrogens with one attached hydrogen (secondary N) is 1. The fourth-order valence-electron chi connectivity index (χ4n) is 2.16. The van der Waals surface area contributed by atoms with Crippen LogP contribution in [-0.2, 0) is 4.74 Å². The minimum Gasteiger partial charge on any atom is -0.372 e. The van der Waals surface area contributed by atoms with Crippen molar-refractivity contribution in [3.63, 3.8) is 0 Å². The lowest BCUT2D eigenvalue weighted by Gasteiger charge is -2.21. The summed E-state index contributed by atoms with van der Waals surface area (Å²) in [7, 11) is 0. The Morgan fingerprint density at radius 1 is 1.31 bits per heavy atom. The Hall–Kier alpha value is -0.860. The zero-order valence-electron chi connectivity index (χ0n) is 10.1. The minimum atomic E-state index is 0.236. The van der Waals surface area contributed by atoms with Gasteiger partial charge < -0.3 is 10.1 Å². The van der Waals surface area contributed by atoms with E-state index in [-0.39, 0.29) is 6.10 Å². The van der Waals surface area contributed by atoms with Crippen molar-refractivity contribution < 1.29 is 4.74 Å². The molecule has 2 unspecified atom stereocenters. The lowest BCUT2D eigenvalue weighted by molar-refractivity contribution is 0.0982. The molecule has 1 saturated heterocycles. The van der Waals surface area contributed by atoms with Crippen LogP contribution in [-0.4, -0.2) is 19.2 Å². The SMILES string of the molecule is CC(C)CNC1CCOC1c1ccccc1. The molecule has 1 aliphatic heterocycles. The van der Waals surface area contributed by atoms with E-state index in [4.69, 9.17) is 4.74 Å². The maximum atomic E-state index is 5.82. The Labute approximate surface area is 98.0 Å². The van der Waals surface area contributed by atoms with Crippen molar-refractivity contribution in [2.24, 2.45) is 5.92 Å². The van der Waals surface area contributed by atoms with Crippen molar-refractivity contribution in [3.05, 3.63) is 35.9 Å². The third-order valence-corrected chi connectivity index (χ3v) is 3.01. The molecular weight excluding hydrogens is 198 g/mol. The molecule has 2 heteroatoms. The van der Waals surface area contributed by atoms with E-state index in [1.165, 1.54) is 5.56 Å². The Bertz CT molecular complexity index is 310. The second-order valence-electron chi connectivity index (χ2n) is 4.90. The Morgan fingerprint density at radius 2 is 2.06 bits per heavy atom. The summed E-state index contributed by atoms with van der Waals surface area (Å²) in [5, 5.41) is 3.60. The number of hydrogen-bond donors (Lipinski definition) is 1. The van der Waals surface area contributed by atoms with Gasteiger partial charge in [-0.3, -0.25) is 0 Å². The molecule has 1 N–H and O–H groups in total. The maximum absolute atomic E-state index is 5.82. The highest BCUT2D eigenvalue weighted by Gasteiger charge is 2.28. The smallest absolute Gasteiger partial charge is 0.0978 e. The molecule has 88 valence electrons. The van der Waals surface area contributed by atoms with Gasteiger partial charge in [0, 0.05) is 12.6 Å². The fourth-order valence-corrected chi connectivity index (χ4v) is 2.16. The normalized spacial score (nSPS) is 25.2. The Morgan fingerprint density at radius 3 is 2.75 bits per heavy atom. The highest BCUT2D eigenvalue weighted by molar-refractivity contribution is 5.20. The summed E-state index contributed by atoms with van der Waals surface area (Å²) in [6, 6.07) is 11.0. The lowest BCUT2D eigenvalue weighted by Crippen LogP contribution is -2.34. The number of rotatable bonds is 4. The molecule has 1 aliphatic rings. The second kappa shape index (κ2) is 5.46. The molecule has 1 heterocycles. The van der Waals surface area contributed by atoms with Crippen molar-refractivity contribution in [1.29, 1.82) is 0 Å². The van der Waals surface area contributed by atoms with Gasteiger partial charge in [-0.25, -0.2) is 0 Å². The summed E-state index contributed by atoms with van der Waals surface area (Å²) >= 11 is 0. The number of benzene rings is 1. The maximum Gasteiger partial charge on any atom is 0.0978 e. The number of ether oxygens (including phenoxy) is 1. The molecular formula is C14H21NO. The zero-order chi connectivity index (χ0) is 11.4. The van der Waals surface area contributed by atoms with Gasteiger partial charge in [0.2, 0.25) is 0 Å². The van der Waals surface area contributed by atoms with Gasteiger partial charge >= 0.3 is 0 Å². The molecule has 0 saturated carbocycles. The molecule has 1 aromatic rings. The van der Waals surface area contributed by atoms with Gasteiger partial charge in [-0.15, -0.1) is 0 Å². The van der Waals surface area contributed by atoms with Gasteiger partial charge in [-0.2, -0.15) is 0 Å². The van der Waals surface area contributed by atoms with Crippen molar-refractivity contribution >= 4 is 0 Å². The summed E-state index contributed by atoms with van der Waals surface area (Å²) in [5.74, 6) is 0.692. The van der Waals surface area contributed by atoms with Crippen LogP contribution < -0.4 is 5.32 Å². The molecule has 1 fully saturated rings. The van der Waals surface area contributed by atoms with Gasteiger partial charge in [0.15, 0.2) is 0 Å². The Balaban J connectivity index is 1.98.